The lowest BCUT2D eigenvalue weighted by molar-refractivity contribution is 0.0668. The number of fused-ring (bicyclic) bond motifs is 1. The fourth-order valence-corrected chi connectivity index (χ4v) is 4.97. The average molecular weight is 419 g/mol. The van der Waals surface area contributed by atoms with Crippen molar-refractivity contribution in [3.8, 4) is 11.4 Å². The van der Waals surface area contributed by atoms with Crippen LogP contribution >= 0.6 is 11.3 Å². The van der Waals surface area contributed by atoms with Crippen LogP contribution in [0.3, 0.4) is 0 Å². The summed E-state index contributed by atoms with van der Waals surface area (Å²) in [5.41, 5.74) is 2.99. The highest BCUT2D eigenvalue weighted by molar-refractivity contribution is 7.20. The summed E-state index contributed by atoms with van der Waals surface area (Å²) in [4.78, 5) is 24.1. The number of aryl methyl sites for hydroxylation is 1. The SMILES string of the molecule is Cc1ccccc1-c1noc(C[C@@H]2CCCN(C(=O)c3nc4ccccc4s3)C2)n1. The molecule has 2 aromatic heterocycles. The Kier molecular flexibility index (Phi) is 5.04. The van der Waals surface area contributed by atoms with E-state index >= 15 is 0 Å². The molecule has 6 nitrogen and oxygen atoms in total. The lowest BCUT2D eigenvalue weighted by Gasteiger charge is -2.31. The third kappa shape index (κ3) is 3.73. The maximum atomic E-state index is 13.0. The molecule has 1 amide bonds. The first kappa shape index (κ1) is 18.9. The quantitative estimate of drug-likeness (QED) is 0.478. The molecular weight excluding hydrogens is 396 g/mol. The van der Waals surface area contributed by atoms with Crippen molar-refractivity contribution in [1.29, 1.82) is 0 Å². The van der Waals surface area contributed by atoms with E-state index in [0.29, 0.717) is 35.6 Å². The second-order valence-corrected chi connectivity index (χ2v) is 8.81. The van der Waals surface area contributed by atoms with Crippen LogP contribution < -0.4 is 0 Å². The van der Waals surface area contributed by atoms with Crippen LogP contribution in [0, 0.1) is 12.8 Å². The highest BCUT2D eigenvalue weighted by atomic mass is 32.1. The third-order valence-electron chi connectivity index (χ3n) is 5.60. The number of hydrogen-bond donors (Lipinski definition) is 0. The highest BCUT2D eigenvalue weighted by Crippen LogP contribution is 2.27. The number of benzene rings is 2. The molecule has 3 heterocycles. The monoisotopic (exact) mass is 418 g/mol. The Morgan fingerprint density at radius 3 is 2.87 bits per heavy atom. The van der Waals surface area contributed by atoms with Crippen LogP contribution in [-0.4, -0.2) is 39.0 Å². The molecule has 0 N–H and O–H groups in total. The van der Waals surface area contributed by atoms with Gasteiger partial charge in [0.15, 0.2) is 5.01 Å². The van der Waals surface area contributed by atoms with Gasteiger partial charge in [0, 0.05) is 25.1 Å². The number of piperidine rings is 1. The van der Waals surface area contributed by atoms with E-state index < -0.39 is 0 Å². The summed E-state index contributed by atoms with van der Waals surface area (Å²) >= 11 is 1.46. The first-order valence-electron chi connectivity index (χ1n) is 10.2. The zero-order valence-corrected chi connectivity index (χ0v) is 17.6. The fourth-order valence-electron chi connectivity index (χ4n) is 4.03. The van der Waals surface area contributed by atoms with Gasteiger partial charge >= 0.3 is 0 Å². The molecule has 0 aliphatic carbocycles. The van der Waals surface area contributed by atoms with E-state index in [-0.39, 0.29) is 5.91 Å². The minimum absolute atomic E-state index is 0.0204. The topological polar surface area (TPSA) is 72.1 Å². The van der Waals surface area contributed by atoms with Gasteiger partial charge in [-0.3, -0.25) is 4.79 Å². The molecule has 152 valence electrons. The van der Waals surface area contributed by atoms with E-state index in [9.17, 15) is 4.79 Å². The van der Waals surface area contributed by atoms with E-state index in [0.717, 1.165) is 40.7 Å². The number of amides is 1. The fraction of sp³-hybridized carbons (Fsp3) is 0.304. The molecule has 1 atom stereocenters. The molecule has 1 aliphatic rings. The first-order chi connectivity index (χ1) is 14.7. The zero-order chi connectivity index (χ0) is 20.5. The number of hydrogen-bond acceptors (Lipinski definition) is 6. The van der Waals surface area contributed by atoms with E-state index in [1.165, 1.54) is 11.3 Å². The summed E-state index contributed by atoms with van der Waals surface area (Å²) in [5.74, 6) is 1.59. The normalized spacial score (nSPS) is 16.8. The van der Waals surface area contributed by atoms with Crippen LogP contribution in [0.2, 0.25) is 0 Å². The van der Waals surface area contributed by atoms with Crippen LogP contribution in [0.25, 0.3) is 21.6 Å². The number of para-hydroxylation sites is 1. The summed E-state index contributed by atoms with van der Waals surface area (Å²) in [5, 5.41) is 4.73. The number of carbonyl (C=O) groups is 1. The lowest BCUT2D eigenvalue weighted by Crippen LogP contribution is -2.40. The van der Waals surface area contributed by atoms with Gasteiger partial charge in [-0.15, -0.1) is 11.3 Å². The van der Waals surface area contributed by atoms with Gasteiger partial charge in [0.2, 0.25) is 11.7 Å². The van der Waals surface area contributed by atoms with Gasteiger partial charge in [-0.05, 0) is 43.4 Å². The van der Waals surface area contributed by atoms with Gasteiger partial charge in [-0.1, -0.05) is 41.6 Å². The first-order valence-corrected chi connectivity index (χ1v) is 11.0. The van der Waals surface area contributed by atoms with Gasteiger partial charge in [0.25, 0.3) is 5.91 Å². The molecule has 4 aromatic rings. The Morgan fingerprint density at radius 1 is 1.17 bits per heavy atom. The van der Waals surface area contributed by atoms with E-state index in [4.69, 9.17) is 4.52 Å². The maximum absolute atomic E-state index is 13.0. The Balaban J connectivity index is 1.28. The van der Waals surface area contributed by atoms with Crippen molar-refractivity contribution in [3.63, 3.8) is 0 Å². The van der Waals surface area contributed by atoms with Crippen molar-refractivity contribution in [1.82, 2.24) is 20.0 Å². The molecule has 0 radical (unpaired) electrons. The Bertz CT molecular complexity index is 1170. The molecule has 1 saturated heterocycles. The molecule has 5 rings (SSSR count). The summed E-state index contributed by atoms with van der Waals surface area (Å²) in [6.45, 7) is 3.50. The molecule has 1 fully saturated rings. The summed E-state index contributed by atoms with van der Waals surface area (Å²) in [6.07, 6.45) is 2.70. The van der Waals surface area contributed by atoms with Crippen molar-refractivity contribution in [3.05, 3.63) is 65.0 Å². The second-order valence-electron chi connectivity index (χ2n) is 7.78. The standard InChI is InChI=1S/C23H22N4O2S/c1-15-7-2-3-9-17(15)21-25-20(29-26-21)13-16-8-6-12-27(14-16)23(28)22-24-18-10-4-5-11-19(18)30-22/h2-5,7,9-11,16H,6,8,12-14H2,1H3/t16-/m0/s1. The Morgan fingerprint density at radius 2 is 2.00 bits per heavy atom. The molecule has 30 heavy (non-hydrogen) atoms. The molecule has 0 spiro atoms. The van der Waals surface area contributed by atoms with Gasteiger partial charge in [-0.2, -0.15) is 4.98 Å². The van der Waals surface area contributed by atoms with Gasteiger partial charge in [0.1, 0.15) is 0 Å². The number of carbonyl (C=O) groups excluding carboxylic acids is 1. The largest absolute Gasteiger partial charge is 0.339 e. The zero-order valence-electron chi connectivity index (χ0n) is 16.7. The highest BCUT2D eigenvalue weighted by Gasteiger charge is 2.28. The number of likely N-dealkylation sites (tertiary alicyclic amines) is 1. The molecule has 7 heteroatoms. The number of rotatable bonds is 4. The molecule has 0 bridgehead atoms. The molecule has 2 aromatic carbocycles. The van der Waals surface area contributed by atoms with Crippen molar-refractivity contribution in [2.75, 3.05) is 13.1 Å². The van der Waals surface area contributed by atoms with E-state index in [1.54, 1.807) is 0 Å². The van der Waals surface area contributed by atoms with Gasteiger partial charge in [-0.25, -0.2) is 4.98 Å². The van der Waals surface area contributed by atoms with Crippen molar-refractivity contribution in [2.24, 2.45) is 5.92 Å². The van der Waals surface area contributed by atoms with Crippen LogP contribution in [-0.2, 0) is 6.42 Å². The van der Waals surface area contributed by atoms with Crippen LogP contribution in [0.4, 0.5) is 0 Å². The number of thiazole rings is 1. The predicted molar refractivity (Wildman–Crippen MR) is 116 cm³/mol. The Labute approximate surface area is 178 Å². The smallest absolute Gasteiger partial charge is 0.282 e. The maximum Gasteiger partial charge on any atom is 0.282 e. The molecule has 0 unspecified atom stereocenters. The third-order valence-corrected chi connectivity index (χ3v) is 6.62. The predicted octanol–water partition coefficient (Wildman–Crippen LogP) is 4.75. The van der Waals surface area contributed by atoms with Gasteiger partial charge in [0.05, 0.1) is 10.2 Å². The van der Waals surface area contributed by atoms with Crippen LogP contribution in [0.1, 0.15) is 34.1 Å². The summed E-state index contributed by atoms with van der Waals surface area (Å²) < 4.78 is 6.57. The van der Waals surface area contributed by atoms with Crippen molar-refractivity contribution in [2.45, 2.75) is 26.2 Å². The van der Waals surface area contributed by atoms with Gasteiger partial charge < -0.3 is 9.42 Å². The molecule has 0 saturated carbocycles. The van der Waals surface area contributed by atoms with E-state index in [2.05, 4.69) is 15.1 Å². The minimum atomic E-state index is 0.0204. The van der Waals surface area contributed by atoms with Crippen molar-refractivity contribution < 1.29 is 9.32 Å². The summed E-state index contributed by atoms with van der Waals surface area (Å²) in [6, 6.07) is 15.9. The lowest BCUT2D eigenvalue weighted by atomic mass is 9.94. The number of aromatic nitrogens is 3. The van der Waals surface area contributed by atoms with E-state index in [1.807, 2.05) is 60.4 Å². The summed E-state index contributed by atoms with van der Waals surface area (Å²) in [7, 11) is 0. The Hall–Kier alpha value is -3.06. The van der Waals surface area contributed by atoms with Crippen LogP contribution in [0.15, 0.2) is 53.1 Å². The average Bonchev–Trinajstić information content (AvgIpc) is 3.41. The second kappa shape index (κ2) is 7.99. The van der Waals surface area contributed by atoms with Crippen LogP contribution in [0.5, 0.6) is 0 Å². The van der Waals surface area contributed by atoms with Crippen molar-refractivity contribution >= 4 is 27.5 Å². The molecule has 1 aliphatic heterocycles. The minimum Gasteiger partial charge on any atom is -0.339 e. The molecular formula is C23H22N4O2S. The number of nitrogens with zero attached hydrogens (tertiary/aromatic N) is 4.